The molecule has 1 aromatic rings. The van der Waals surface area contributed by atoms with Gasteiger partial charge in [0.15, 0.2) is 0 Å². The number of rotatable bonds is 2. The van der Waals surface area contributed by atoms with E-state index in [1.54, 1.807) is 5.06 Å². The molecule has 0 radical (unpaired) electrons. The van der Waals surface area contributed by atoms with Crippen LogP contribution in [0, 0.1) is 5.92 Å². The Bertz CT molecular complexity index is 398. The third-order valence-electron chi connectivity index (χ3n) is 3.58. The summed E-state index contributed by atoms with van der Waals surface area (Å²) in [4.78, 5) is 17.6. The van der Waals surface area contributed by atoms with Crippen LogP contribution in [-0.2, 0) is 9.63 Å². The van der Waals surface area contributed by atoms with Crippen LogP contribution in [0.3, 0.4) is 0 Å². The lowest BCUT2D eigenvalue weighted by atomic mass is 10.1. The normalized spacial score (nSPS) is 27.9. The number of hydrogen-bond acceptors (Lipinski definition) is 2. The average molecular weight is 231 g/mol. The highest BCUT2D eigenvalue weighted by Crippen LogP contribution is 2.48. The van der Waals surface area contributed by atoms with Crippen molar-refractivity contribution < 1.29 is 9.63 Å². The second-order valence-corrected chi connectivity index (χ2v) is 4.84. The largest absolute Gasteiger partial charge is 0.272 e. The van der Waals surface area contributed by atoms with Gasteiger partial charge in [-0.05, 0) is 30.7 Å². The quantitative estimate of drug-likeness (QED) is 0.782. The van der Waals surface area contributed by atoms with Crippen LogP contribution in [0.5, 0.6) is 0 Å². The minimum Gasteiger partial charge on any atom is -0.272 e. The number of nitrogens with zero attached hydrogens (tertiary/aromatic N) is 1. The minimum absolute atomic E-state index is 0.149. The molecule has 1 amide bonds. The number of carbonyl (C=O) groups excluding carboxylic acids is 1. The molecular weight excluding hydrogens is 214 g/mol. The lowest BCUT2D eigenvalue weighted by Gasteiger charge is -2.26. The fraction of sp³-hybridized carbons (Fsp3) is 0.500. The zero-order valence-corrected chi connectivity index (χ0v) is 9.84. The van der Waals surface area contributed by atoms with Gasteiger partial charge in [-0.1, -0.05) is 30.3 Å². The maximum atomic E-state index is 12.1. The Morgan fingerprint density at radius 2 is 2.06 bits per heavy atom. The SMILES string of the molecule is O=C([C@@H]1C[C@@H]1c1ccccc1)N1CCCCO1. The summed E-state index contributed by atoms with van der Waals surface area (Å²) in [6, 6.07) is 10.3. The molecule has 1 aliphatic carbocycles. The average Bonchev–Trinajstić information content (AvgIpc) is 3.20. The highest BCUT2D eigenvalue weighted by Gasteiger charge is 2.46. The van der Waals surface area contributed by atoms with Crippen LogP contribution in [0.1, 0.15) is 30.7 Å². The molecule has 2 aliphatic rings. The van der Waals surface area contributed by atoms with E-state index in [1.165, 1.54) is 5.56 Å². The van der Waals surface area contributed by atoms with Gasteiger partial charge in [-0.2, -0.15) is 0 Å². The molecule has 3 nitrogen and oxygen atoms in total. The molecule has 2 fully saturated rings. The third-order valence-corrected chi connectivity index (χ3v) is 3.58. The third kappa shape index (κ3) is 2.20. The van der Waals surface area contributed by atoms with Crippen molar-refractivity contribution in [3.8, 4) is 0 Å². The van der Waals surface area contributed by atoms with Gasteiger partial charge in [-0.3, -0.25) is 9.63 Å². The first-order valence-corrected chi connectivity index (χ1v) is 6.35. The maximum absolute atomic E-state index is 12.1. The van der Waals surface area contributed by atoms with Gasteiger partial charge in [0.25, 0.3) is 0 Å². The van der Waals surface area contributed by atoms with Crippen molar-refractivity contribution in [3.63, 3.8) is 0 Å². The second kappa shape index (κ2) is 4.49. The van der Waals surface area contributed by atoms with Crippen molar-refractivity contribution in [1.29, 1.82) is 0 Å². The summed E-state index contributed by atoms with van der Waals surface area (Å²) in [7, 11) is 0. The predicted molar refractivity (Wildman–Crippen MR) is 64.2 cm³/mol. The van der Waals surface area contributed by atoms with Crippen molar-refractivity contribution in [2.24, 2.45) is 5.92 Å². The molecule has 0 bridgehead atoms. The van der Waals surface area contributed by atoms with Gasteiger partial charge in [0.1, 0.15) is 0 Å². The molecule has 0 spiro atoms. The van der Waals surface area contributed by atoms with Crippen molar-refractivity contribution in [3.05, 3.63) is 35.9 Å². The van der Waals surface area contributed by atoms with E-state index < -0.39 is 0 Å². The number of carbonyl (C=O) groups is 1. The van der Waals surface area contributed by atoms with E-state index in [0.717, 1.165) is 25.8 Å². The van der Waals surface area contributed by atoms with Crippen LogP contribution < -0.4 is 0 Å². The van der Waals surface area contributed by atoms with E-state index in [9.17, 15) is 4.79 Å². The maximum Gasteiger partial charge on any atom is 0.249 e. The highest BCUT2D eigenvalue weighted by molar-refractivity contribution is 5.82. The van der Waals surface area contributed by atoms with E-state index >= 15 is 0 Å². The summed E-state index contributed by atoms with van der Waals surface area (Å²) >= 11 is 0. The van der Waals surface area contributed by atoms with Crippen molar-refractivity contribution in [1.82, 2.24) is 5.06 Å². The molecule has 17 heavy (non-hydrogen) atoms. The summed E-state index contributed by atoms with van der Waals surface area (Å²) in [5, 5.41) is 1.58. The number of benzene rings is 1. The standard InChI is InChI=1S/C14H17NO2/c16-14(15-8-4-5-9-17-15)13-10-12(13)11-6-2-1-3-7-11/h1-3,6-7,12-13H,4-5,8-10H2/t12-,13-/m1/s1. The molecule has 2 atom stereocenters. The summed E-state index contributed by atoms with van der Waals surface area (Å²) in [6.07, 6.45) is 3.10. The lowest BCUT2D eigenvalue weighted by Crippen LogP contribution is -2.36. The van der Waals surface area contributed by atoms with Crippen molar-refractivity contribution >= 4 is 5.91 Å². The summed E-state index contributed by atoms with van der Waals surface area (Å²) in [6.45, 7) is 1.45. The van der Waals surface area contributed by atoms with Gasteiger partial charge >= 0.3 is 0 Å². The van der Waals surface area contributed by atoms with E-state index in [1.807, 2.05) is 18.2 Å². The topological polar surface area (TPSA) is 29.5 Å². The Balaban J connectivity index is 1.62. The van der Waals surface area contributed by atoms with E-state index in [0.29, 0.717) is 12.5 Å². The van der Waals surface area contributed by atoms with Gasteiger partial charge in [0, 0.05) is 12.5 Å². The first kappa shape index (κ1) is 10.8. The van der Waals surface area contributed by atoms with Crippen LogP contribution in [-0.4, -0.2) is 24.1 Å². The monoisotopic (exact) mass is 231 g/mol. The Hall–Kier alpha value is -1.35. The molecule has 0 N–H and O–H groups in total. The fourth-order valence-electron chi connectivity index (χ4n) is 2.49. The number of amides is 1. The van der Waals surface area contributed by atoms with Gasteiger partial charge in [0.05, 0.1) is 6.61 Å². The molecule has 1 heterocycles. The van der Waals surface area contributed by atoms with Crippen LogP contribution in [0.25, 0.3) is 0 Å². The first-order chi connectivity index (χ1) is 8.36. The molecular formula is C14H17NO2. The van der Waals surface area contributed by atoms with E-state index in [2.05, 4.69) is 12.1 Å². The highest BCUT2D eigenvalue weighted by atomic mass is 16.7. The molecule has 90 valence electrons. The Labute approximate surface area is 101 Å². The van der Waals surface area contributed by atoms with Gasteiger partial charge in [0.2, 0.25) is 5.91 Å². The molecule has 0 unspecified atom stereocenters. The zero-order chi connectivity index (χ0) is 11.7. The molecule has 3 heteroatoms. The second-order valence-electron chi connectivity index (χ2n) is 4.84. The van der Waals surface area contributed by atoms with Crippen LogP contribution in [0.15, 0.2) is 30.3 Å². The van der Waals surface area contributed by atoms with Crippen LogP contribution >= 0.6 is 0 Å². The first-order valence-electron chi connectivity index (χ1n) is 6.35. The fourth-order valence-corrected chi connectivity index (χ4v) is 2.49. The van der Waals surface area contributed by atoms with Crippen LogP contribution in [0.2, 0.25) is 0 Å². The summed E-state index contributed by atoms with van der Waals surface area (Å²) in [5.41, 5.74) is 1.28. The molecule has 1 saturated heterocycles. The smallest absolute Gasteiger partial charge is 0.249 e. The van der Waals surface area contributed by atoms with Gasteiger partial charge in [-0.15, -0.1) is 0 Å². The summed E-state index contributed by atoms with van der Waals surface area (Å²) in [5.74, 6) is 0.739. The molecule has 3 rings (SSSR count). The van der Waals surface area contributed by atoms with Crippen molar-refractivity contribution in [2.45, 2.75) is 25.2 Å². The zero-order valence-electron chi connectivity index (χ0n) is 9.84. The molecule has 0 aromatic heterocycles. The number of hydroxylamine groups is 2. The molecule has 1 saturated carbocycles. The Kier molecular flexibility index (Phi) is 2.85. The van der Waals surface area contributed by atoms with Gasteiger partial charge < -0.3 is 0 Å². The van der Waals surface area contributed by atoms with Gasteiger partial charge in [-0.25, -0.2) is 5.06 Å². The Morgan fingerprint density at radius 3 is 2.76 bits per heavy atom. The van der Waals surface area contributed by atoms with E-state index in [4.69, 9.17) is 4.84 Å². The van der Waals surface area contributed by atoms with Crippen LogP contribution in [0.4, 0.5) is 0 Å². The Morgan fingerprint density at radius 1 is 1.24 bits per heavy atom. The summed E-state index contributed by atoms with van der Waals surface area (Å²) < 4.78 is 0. The number of hydrogen-bond donors (Lipinski definition) is 0. The molecule has 1 aromatic carbocycles. The van der Waals surface area contributed by atoms with Crippen molar-refractivity contribution in [2.75, 3.05) is 13.2 Å². The minimum atomic E-state index is 0.149. The predicted octanol–water partition coefficient (Wildman–Crippen LogP) is 2.34. The lowest BCUT2D eigenvalue weighted by molar-refractivity contribution is -0.198. The van der Waals surface area contributed by atoms with E-state index in [-0.39, 0.29) is 11.8 Å². The molecule has 1 aliphatic heterocycles.